The van der Waals surface area contributed by atoms with E-state index in [1.165, 1.54) is 44.1 Å². The average Bonchev–Trinajstić information content (AvgIpc) is 2.83. The molecule has 1 aromatic carbocycles. The van der Waals surface area contributed by atoms with Gasteiger partial charge in [0.25, 0.3) is 0 Å². The SMILES string of the molecule is CC(=O)[O-].CC1=C2C=CN(C)C(C)=C2C=C2c3cc(O)ccc3[NH+](C)C21. The molecule has 0 spiro atoms. The van der Waals surface area contributed by atoms with Crippen molar-refractivity contribution in [2.24, 2.45) is 0 Å². The lowest BCUT2D eigenvalue weighted by Crippen LogP contribution is -3.07. The Morgan fingerprint density at radius 1 is 1.27 bits per heavy atom. The Kier molecular flexibility index (Phi) is 4.50. The Labute approximate surface area is 153 Å². The van der Waals surface area contributed by atoms with Gasteiger partial charge in [-0.1, -0.05) is 0 Å². The van der Waals surface area contributed by atoms with E-state index in [0.717, 1.165) is 6.92 Å². The first kappa shape index (κ1) is 18.0. The van der Waals surface area contributed by atoms with E-state index < -0.39 is 5.97 Å². The molecule has 2 aliphatic heterocycles. The van der Waals surface area contributed by atoms with Crippen LogP contribution in [0, 0.1) is 0 Å². The molecule has 2 atom stereocenters. The van der Waals surface area contributed by atoms with Crippen LogP contribution in [-0.4, -0.2) is 36.1 Å². The van der Waals surface area contributed by atoms with Crippen LogP contribution in [0.3, 0.4) is 0 Å². The van der Waals surface area contributed by atoms with E-state index in [4.69, 9.17) is 9.90 Å². The summed E-state index contributed by atoms with van der Waals surface area (Å²) in [5, 5.41) is 18.8. The number of rotatable bonds is 0. The molecule has 1 aliphatic carbocycles. The van der Waals surface area contributed by atoms with E-state index in [1.54, 1.807) is 6.07 Å². The largest absolute Gasteiger partial charge is 0.550 e. The molecule has 0 radical (unpaired) electrons. The highest BCUT2D eigenvalue weighted by molar-refractivity contribution is 5.86. The maximum Gasteiger partial charge on any atom is 0.141 e. The van der Waals surface area contributed by atoms with Gasteiger partial charge in [-0.15, -0.1) is 0 Å². The topological polar surface area (TPSA) is 68.0 Å². The van der Waals surface area contributed by atoms with E-state index in [2.05, 4.69) is 51.2 Å². The fourth-order valence-electron chi connectivity index (χ4n) is 3.99. The Morgan fingerprint density at radius 2 is 1.92 bits per heavy atom. The number of aliphatic carboxylic acids is 1. The maximum atomic E-state index is 9.89. The Morgan fingerprint density at radius 3 is 2.58 bits per heavy atom. The van der Waals surface area contributed by atoms with Crippen LogP contribution in [0.4, 0.5) is 5.69 Å². The van der Waals surface area contributed by atoms with Crippen LogP contribution in [0.5, 0.6) is 5.75 Å². The summed E-state index contributed by atoms with van der Waals surface area (Å²) in [6, 6.07) is 6.08. The summed E-state index contributed by atoms with van der Waals surface area (Å²) in [6.45, 7) is 5.38. The quantitative estimate of drug-likeness (QED) is 0.687. The van der Waals surface area contributed by atoms with E-state index in [0.29, 0.717) is 11.8 Å². The van der Waals surface area contributed by atoms with Crippen LogP contribution >= 0.6 is 0 Å². The first-order chi connectivity index (χ1) is 12.2. The van der Waals surface area contributed by atoms with Gasteiger partial charge in [-0.3, -0.25) is 4.90 Å². The van der Waals surface area contributed by atoms with Crippen LogP contribution in [0.15, 0.2) is 59.0 Å². The molecule has 136 valence electrons. The summed E-state index contributed by atoms with van der Waals surface area (Å²) < 4.78 is 0. The number of phenols is 1. The molecule has 1 aromatic rings. The lowest BCUT2D eigenvalue weighted by molar-refractivity contribution is -0.818. The Bertz CT molecular complexity index is 902. The molecule has 2 N–H and O–H groups in total. The van der Waals surface area contributed by atoms with Crippen LogP contribution in [0.2, 0.25) is 0 Å². The Balaban J connectivity index is 0.000000447. The minimum Gasteiger partial charge on any atom is -0.550 e. The third kappa shape index (κ3) is 2.84. The summed E-state index contributed by atoms with van der Waals surface area (Å²) in [6.07, 6.45) is 6.68. The van der Waals surface area contributed by atoms with Gasteiger partial charge in [0.1, 0.15) is 17.5 Å². The minimum atomic E-state index is -1.08. The van der Waals surface area contributed by atoms with Crippen LogP contribution in [-0.2, 0) is 4.79 Å². The van der Waals surface area contributed by atoms with Gasteiger partial charge in [-0.05, 0) is 56.2 Å². The highest BCUT2D eigenvalue weighted by atomic mass is 16.4. The van der Waals surface area contributed by atoms with Gasteiger partial charge in [0.15, 0.2) is 0 Å². The molecular weight excluding hydrogens is 328 g/mol. The fourth-order valence-corrected chi connectivity index (χ4v) is 3.99. The minimum absolute atomic E-state index is 0.340. The van der Waals surface area contributed by atoms with Crippen molar-refractivity contribution in [3.05, 3.63) is 64.5 Å². The van der Waals surface area contributed by atoms with E-state index in [9.17, 15) is 5.11 Å². The molecule has 0 aromatic heterocycles. The number of hydrogen-bond donors (Lipinski definition) is 2. The molecule has 5 nitrogen and oxygen atoms in total. The normalized spacial score (nSPS) is 23.0. The molecule has 3 aliphatic rings. The van der Waals surface area contributed by atoms with Crippen molar-refractivity contribution in [3.63, 3.8) is 0 Å². The van der Waals surface area contributed by atoms with Gasteiger partial charge in [-0.25, -0.2) is 0 Å². The van der Waals surface area contributed by atoms with Gasteiger partial charge >= 0.3 is 0 Å². The molecule has 2 unspecified atom stereocenters. The second-order valence-corrected chi connectivity index (χ2v) is 6.96. The van der Waals surface area contributed by atoms with E-state index >= 15 is 0 Å². The predicted molar refractivity (Wildman–Crippen MR) is 99.4 cm³/mol. The Hall–Kier alpha value is -2.79. The molecule has 0 amide bonds. The first-order valence-electron chi connectivity index (χ1n) is 8.61. The van der Waals surface area contributed by atoms with Crippen molar-refractivity contribution in [1.29, 1.82) is 0 Å². The predicted octanol–water partition coefficient (Wildman–Crippen LogP) is 1.12. The van der Waals surface area contributed by atoms with Crippen LogP contribution in [0.25, 0.3) is 5.57 Å². The molecule has 2 heterocycles. The van der Waals surface area contributed by atoms with Gasteiger partial charge in [0, 0.05) is 47.7 Å². The highest BCUT2D eigenvalue weighted by Gasteiger charge is 2.41. The second-order valence-electron chi connectivity index (χ2n) is 6.96. The molecule has 5 heteroatoms. The number of carboxylic acid groups (broad SMARTS) is 1. The standard InChI is InChI=1S/C19H20N2O.C2H4O2/c1-11-14-7-8-20(3)12(2)15(14)10-17-16-9-13(22)5-6-18(16)21(4)19(11)17;1-2(3)4/h5-10,19,22H,1-4H3;1H3,(H,3,4). The summed E-state index contributed by atoms with van der Waals surface area (Å²) in [4.78, 5) is 12.4. The van der Waals surface area contributed by atoms with Gasteiger partial charge in [-0.2, -0.15) is 0 Å². The van der Waals surface area contributed by atoms with Crippen molar-refractivity contribution in [2.75, 3.05) is 14.1 Å². The number of nitrogens with one attached hydrogen (secondary N) is 1. The number of benzene rings is 1. The number of fused-ring (bicyclic) bond motifs is 4. The summed E-state index contributed by atoms with van der Waals surface area (Å²) >= 11 is 0. The number of aromatic hydroxyl groups is 1. The number of allylic oxidation sites excluding steroid dienone is 5. The van der Waals surface area contributed by atoms with Crippen molar-refractivity contribution < 1.29 is 19.9 Å². The zero-order chi connectivity index (χ0) is 19.2. The number of carbonyl (C=O) groups is 1. The molecule has 0 fully saturated rings. The summed E-state index contributed by atoms with van der Waals surface area (Å²) in [7, 11) is 4.30. The van der Waals surface area contributed by atoms with E-state index in [1.807, 2.05) is 12.1 Å². The summed E-state index contributed by atoms with van der Waals surface area (Å²) in [5.41, 5.74) is 9.10. The van der Waals surface area contributed by atoms with Crippen LogP contribution in [0.1, 0.15) is 26.3 Å². The lowest BCUT2D eigenvalue weighted by Gasteiger charge is -2.31. The number of nitrogens with zero attached hydrogens (tertiary/aromatic N) is 1. The molecule has 26 heavy (non-hydrogen) atoms. The van der Waals surface area contributed by atoms with Gasteiger partial charge < -0.3 is 19.9 Å². The van der Waals surface area contributed by atoms with Crippen molar-refractivity contribution >= 4 is 17.2 Å². The third-order valence-corrected chi connectivity index (χ3v) is 5.31. The molecule has 4 rings (SSSR count). The fraction of sp³-hybridized carbons (Fsp3) is 0.286. The van der Waals surface area contributed by atoms with Crippen molar-refractivity contribution in [2.45, 2.75) is 26.8 Å². The van der Waals surface area contributed by atoms with Gasteiger partial charge in [0.2, 0.25) is 0 Å². The highest BCUT2D eigenvalue weighted by Crippen LogP contribution is 2.42. The number of hydrogen-bond acceptors (Lipinski definition) is 4. The number of quaternary nitrogens is 1. The zero-order valence-electron chi connectivity index (χ0n) is 15.8. The number of likely N-dealkylation sites (N-methyl/N-ethyl adjacent to an activating group) is 1. The van der Waals surface area contributed by atoms with Crippen molar-refractivity contribution in [1.82, 2.24) is 4.90 Å². The maximum absolute atomic E-state index is 9.89. The zero-order valence-corrected chi connectivity index (χ0v) is 15.8. The van der Waals surface area contributed by atoms with Crippen molar-refractivity contribution in [3.8, 4) is 5.75 Å². The summed E-state index contributed by atoms with van der Waals surface area (Å²) in [5.74, 6) is -0.744. The molecule has 0 bridgehead atoms. The smallest absolute Gasteiger partial charge is 0.141 e. The molecular formula is C21H24N2O3. The average molecular weight is 352 g/mol. The number of carboxylic acids is 1. The van der Waals surface area contributed by atoms with Gasteiger partial charge in [0.05, 0.1) is 7.05 Å². The van der Waals surface area contributed by atoms with E-state index in [-0.39, 0.29) is 0 Å². The van der Waals surface area contributed by atoms with Crippen LogP contribution < -0.4 is 10.0 Å². The molecule has 0 saturated heterocycles. The lowest BCUT2D eigenvalue weighted by atomic mass is 9.82. The first-order valence-corrected chi connectivity index (χ1v) is 8.61. The third-order valence-electron chi connectivity index (χ3n) is 5.31. The molecule has 0 saturated carbocycles. The number of phenolic OH excluding ortho intramolecular Hbond substituents is 1. The number of carbonyl (C=O) groups excluding carboxylic acids is 1. The second kappa shape index (κ2) is 6.50. The monoisotopic (exact) mass is 352 g/mol.